The van der Waals surface area contributed by atoms with E-state index in [4.69, 9.17) is 0 Å². The Morgan fingerprint density at radius 2 is 1.97 bits per heavy atom. The lowest BCUT2D eigenvalue weighted by Crippen LogP contribution is -2.36. The lowest BCUT2D eigenvalue weighted by molar-refractivity contribution is 0.145. The van der Waals surface area contributed by atoms with Gasteiger partial charge < -0.3 is 10.0 Å². The number of hydrogen-bond donors (Lipinski definition) is 2. The van der Waals surface area contributed by atoms with Gasteiger partial charge in [-0.15, -0.1) is 10.2 Å². The number of hydrogen-bond acceptors (Lipinski definition) is 10. The molecule has 1 aromatic carbocycles. The zero-order valence-corrected chi connectivity index (χ0v) is 20.8. The second-order valence-electron chi connectivity index (χ2n) is 9.15. The smallest absolute Gasteiger partial charge is 0.291 e. The molecule has 1 aliphatic heterocycles. The summed E-state index contributed by atoms with van der Waals surface area (Å²) >= 11 is 0.683. The highest BCUT2D eigenvalue weighted by Crippen LogP contribution is 2.40. The normalized spacial score (nSPS) is 18.1. The molecular weight excluding hydrogens is 526 g/mol. The highest BCUT2D eigenvalue weighted by atomic mass is 32.2. The largest absolute Gasteiger partial charge is 0.393 e. The van der Waals surface area contributed by atoms with Gasteiger partial charge in [-0.2, -0.15) is 9.98 Å². The van der Waals surface area contributed by atoms with Gasteiger partial charge in [-0.05, 0) is 37.8 Å². The van der Waals surface area contributed by atoms with Crippen LogP contribution in [0.1, 0.15) is 37.1 Å². The molecule has 1 aliphatic carbocycles. The quantitative estimate of drug-likeness (QED) is 0.372. The standard InChI is InChI=1S/C22H20F2N8O3S2/c23-17(24)20-28-29-21(36-20)32-15-9-13(37(34,35)30-22(10-25)5-6-22)1-2-14(15)16-18(26-11-27-19(16)32)31-7-3-12(33)4-8-31/h1-2,9,11-12,17,30,33H,3-8H2. The Hall–Kier alpha value is -3.32. The minimum Gasteiger partial charge on any atom is -0.393 e. The second kappa shape index (κ2) is 8.62. The summed E-state index contributed by atoms with van der Waals surface area (Å²) in [6.45, 7) is 1.11. The minimum absolute atomic E-state index is 0.0835. The zero-order chi connectivity index (χ0) is 25.9. The number of rotatable bonds is 6. The first-order chi connectivity index (χ1) is 17.7. The molecule has 192 valence electrons. The van der Waals surface area contributed by atoms with E-state index in [-0.39, 0.29) is 10.0 Å². The van der Waals surface area contributed by atoms with Crippen LogP contribution in [0.15, 0.2) is 29.4 Å². The van der Waals surface area contributed by atoms with E-state index in [2.05, 4.69) is 24.9 Å². The Morgan fingerprint density at radius 1 is 1.22 bits per heavy atom. The van der Waals surface area contributed by atoms with Crippen molar-refractivity contribution in [1.29, 1.82) is 5.26 Å². The second-order valence-corrected chi connectivity index (χ2v) is 11.8. The molecule has 4 heterocycles. The molecule has 11 nitrogen and oxygen atoms in total. The van der Waals surface area contributed by atoms with Crippen molar-refractivity contribution < 1.29 is 22.3 Å². The Labute approximate surface area is 213 Å². The summed E-state index contributed by atoms with van der Waals surface area (Å²) in [4.78, 5) is 10.8. The van der Waals surface area contributed by atoms with E-state index in [0.717, 1.165) is 0 Å². The molecule has 1 saturated heterocycles. The number of anilines is 1. The molecule has 37 heavy (non-hydrogen) atoms. The van der Waals surface area contributed by atoms with E-state index < -0.39 is 33.1 Å². The van der Waals surface area contributed by atoms with Gasteiger partial charge in [0.15, 0.2) is 10.7 Å². The SMILES string of the molecule is N#CC1(NS(=O)(=O)c2ccc3c4c(N5CCC(O)CC5)ncnc4n(-c4nnc(C(F)F)s4)c3c2)CC1. The number of piperidine rings is 1. The third kappa shape index (κ3) is 4.09. The van der Waals surface area contributed by atoms with Gasteiger partial charge in [-0.1, -0.05) is 17.4 Å². The van der Waals surface area contributed by atoms with Gasteiger partial charge in [-0.25, -0.2) is 27.2 Å². The number of nitrogens with zero attached hydrogens (tertiary/aromatic N) is 7. The van der Waals surface area contributed by atoms with Gasteiger partial charge in [0.1, 0.15) is 17.7 Å². The molecule has 2 fully saturated rings. The van der Waals surface area contributed by atoms with Crippen molar-refractivity contribution in [3.05, 3.63) is 29.5 Å². The molecule has 4 aromatic rings. The van der Waals surface area contributed by atoms with E-state index in [1.807, 2.05) is 11.0 Å². The molecule has 0 amide bonds. The van der Waals surface area contributed by atoms with Gasteiger partial charge in [0.25, 0.3) is 6.43 Å². The van der Waals surface area contributed by atoms with E-state index in [0.29, 0.717) is 77.9 Å². The molecule has 3 aromatic heterocycles. The summed E-state index contributed by atoms with van der Waals surface area (Å²) in [5.74, 6) is 0.592. The number of alkyl halides is 2. The predicted octanol–water partition coefficient (Wildman–Crippen LogP) is 2.66. The fourth-order valence-electron chi connectivity index (χ4n) is 4.56. The number of aromatic nitrogens is 5. The molecule has 1 saturated carbocycles. The van der Waals surface area contributed by atoms with Gasteiger partial charge in [0.05, 0.1) is 28.0 Å². The Kier molecular flexibility index (Phi) is 5.60. The van der Waals surface area contributed by atoms with Crippen LogP contribution >= 0.6 is 11.3 Å². The van der Waals surface area contributed by atoms with Gasteiger partial charge in [-0.3, -0.25) is 4.57 Å². The Balaban J connectivity index is 1.58. The number of benzene rings is 1. The molecule has 0 bridgehead atoms. The monoisotopic (exact) mass is 546 g/mol. The first kappa shape index (κ1) is 24.0. The molecule has 0 atom stereocenters. The topological polar surface area (TPSA) is 150 Å². The fourth-order valence-corrected chi connectivity index (χ4v) is 6.67. The molecule has 15 heteroatoms. The number of nitriles is 1. The predicted molar refractivity (Wildman–Crippen MR) is 130 cm³/mol. The zero-order valence-electron chi connectivity index (χ0n) is 19.2. The Morgan fingerprint density at radius 3 is 2.62 bits per heavy atom. The van der Waals surface area contributed by atoms with Gasteiger partial charge in [0.2, 0.25) is 15.2 Å². The van der Waals surface area contributed by atoms with E-state index in [9.17, 15) is 27.6 Å². The van der Waals surface area contributed by atoms with Crippen LogP contribution in [0, 0.1) is 11.3 Å². The number of halogens is 2. The van der Waals surface area contributed by atoms with E-state index in [1.54, 1.807) is 6.07 Å². The molecule has 6 rings (SSSR count). The van der Waals surface area contributed by atoms with Gasteiger partial charge >= 0.3 is 0 Å². The van der Waals surface area contributed by atoms with E-state index in [1.165, 1.54) is 23.0 Å². The maximum absolute atomic E-state index is 13.3. The Bertz CT molecular complexity index is 1670. The number of fused-ring (bicyclic) bond motifs is 3. The van der Waals surface area contributed by atoms with Crippen LogP contribution in [0.3, 0.4) is 0 Å². The first-order valence-electron chi connectivity index (χ1n) is 11.5. The van der Waals surface area contributed by atoms with Crippen molar-refractivity contribution in [2.75, 3.05) is 18.0 Å². The summed E-state index contributed by atoms with van der Waals surface area (Å²) in [7, 11) is -4.05. The molecule has 2 aliphatic rings. The lowest BCUT2D eigenvalue weighted by Gasteiger charge is -2.30. The van der Waals surface area contributed by atoms with Crippen molar-refractivity contribution in [1.82, 2.24) is 29.5 Å². The van der Waals surface area contributed by atoms with Crippen molar-refractivity contribution in [3.63, 3.8) is 0 Å². The molecule has 0 spiro atoms. The van der Waals surface area contributed by atoms with Crippen LogP contribution in [0.5, 0.6) is 0 Å². The maximum atomic E-state index is 13.3. The maximum Gasteiger partial charge on any atom is 0.291 e. The van der Waals surface area contributed by atoms with E-state index >= 15 is 0 Å². The molecule has 0 radical (unpaired) electrons. The van der Waals surface area contributed by atoms with Crippen LogP contribution < -0.4 is 9.62 Å². The fraction of sp³-hybridized carbons (Fsp3) is 0.409. The van der Waals surface area contributed by atoms with Gasteiger partial charge in [0, 0.05) is 18.5 Å². The van der Waals surface area contributed by atoms with Crippen molar-refractivity contribution in [3.8, 4) is 11.2 Å². The van der Waals surface area contributed by atoms with Crippen LogP contribution in [-0.4, -0.2) is 63.0 Å². The number of nitrogens with one attached hydrogen (secondary N) is 1. The molecule has 0 unspecified atom stereocenters. The number of sulfonamides is 1. The van der Waals surface area contributed by atoms with Crippen LogP contribution in [0.25, 0.3) is 27.1 Å². The van der Waals surface area contributed by atoms with Crippen molar-refractivity contribution >= 4 is 49.1 Å². The highest BCUT2D eigenvalue weighted by molar-refractivity contribution is 7.89. The summed E-state index contributed by atoms with van der Waals surface area (Å²) in [6.07, 6.45) is 0.125. The minimum atomic E-state index is -4.05. The molecular formula is C22H20F2N8O3S2. The van der Waals surface area contributed by atoms with Crippen LogP contribution in [-0.2, 0) is 10.0 Å². The number of aliphatic hydroxyl groups is 1. The average Bonchev–Trinajstić information content (AvgIpc) is 3.32. The summed E-state index contributed by atoms with van der Waals surface area (Å²) in [5, 5.41) is 27.7. The first-order valence-corrected chi connectivity index (χ1v) is 13.8. The third-order valence-electron chi connectivity index (χ3n) is 6.67. The summed E-state index contributed by atoms with van der Waals surface area (Å²) < 4.78 is 56.9. The third-order valence-corrected chi connectivity index (χ3v) is 9.12. The van der Waals surface area contributed by atoms with Crippen molar-refractivity contribution in [2.24, 2.45) is 0 Å². The van der Waals surface area contributed by atoms with Crippen LogP contribution in [0.2, 0.25) is 0 Å². The lowest BCUT2D eigenvalue weighted by atomic mass is 10.1. The highest BCUT2D eigenvalue weighted by Gasteiger charge is 2.46. The van der Waals surface area contributed by atoms with Crippen LogP contribution in [0.4, 0.5) is 14.6 Å². The van der Waals surface area contributed by atoms with Crippen molar-refractivity contribution in [2.45, 2.75) is 48.6 Å². The molecule has 2 N–H and O–H groups in total. The number of aliphatic hydroxyl groups excluding tert-OH is 1. The average molecular weight is 547 g/mol. The summed E-state index contributed by atoms with van der Waals surface area (Å²) in [5.41, 5.74) is -0.375. The summed E-state index contributed by atoms with van der Waals surface area (Å²) in [6, 6.07) is 6.48.